The Morgan fingerprint density at radius 3 is 2.25 bits per heavy atom. The van der Waals surface area contributed by atoms with Crippen LogP contribution in [-0.2, 0) is 0 Å². The van der Waals surface area contributed by atoms with Crippen LogP contribution in [0.5, 0.6) is 0 Å². The van der Waals surface area contributed by atoms with Gasteiger partial charge in [-0.2, -0.15) is 5.26 Å². The molecule has 20 heavy (non-hydrogen) atoms. The quantitative estimate of drug-likeness (QED) is 0.842. The van der Waals surface area contributed by atoms with E-state index in [2.05, 4.69) is 0 Å². The summed E-state index contributed by atoms with van der Waals surface area (Å²) in [7, 11) is 0. The van der Waals surface area contributed by atoms with Crippen LogP contribution in [0.2, 0.25) is 0 Å². The summed E-state index contributed by atoms with van der Waals surface area (Å²) in [4.78, 5) is 1.31. The van der Waals surface area contributed by atoms with Crippen molar-refractivity contribution in [3.05, 3.63) is 59.4 Å². The minimum Gasteiger partial charge on any atom is -0.337 e. The van der Waals surface area contributed by atoms with E-state index in [1.54, 1.807) is 19.1 Å². The normalized spacial score (nSPS) is 10.2. The minimum atomic E-state index is -0.854. The van der Waals surface area contributed by atoms with Gasteiger partial charge in [-0.1, -0.05) is 6.07 Å². The van der Waals surface area contributed by atoms with Crippen LogP contribution in [-0.4, -0.2) is 6.54 Å². The highest BCUT2D eigenvalue weighted by molar-refractivity contribution is 5.65. The molecule has 0 saturated heterocycles. The van der Waals surface area contributed by atoms with Crippen LogP contribution < -0.4 is 4.90 Å². The molecule has 0 bridgehead atoms. The second kappa shape index (κ2) is 5.66. The standard InChI is InChI=1S/C15H11F3N2/c1-2-20(12-5-3-4-11(16)8-12)15-13(17)6-10(9-19)7-14(15)18/h3-8H,2H2,1H3. The third-order valence-electron chi connectivity index (χ3n) is 2.85. The lowest BCUT2D eigenvalue weighted by molar-refractivity contribution is 0.580. The van der Waals surface area contributed by atoms with Gasteiger partial charge in [-0.3, -0.25) is 0 Å². The molecule has 5 heteroatoms. The van der Waals surface area contributed by atoms with Gasteiger partial charge in [0.25, 0.3) is 0 Å². The van der Waals surface area contributed by atoms with E-state index in [0.29, 0.717) is 5.69 Å². The predicted octanol–water partition coefficient (Wildman–Crippen LogP) is 4.13. The summed E-state index contributed by atoms with van der Waals surface area (Å²) in [6.07, 6.45) is 0. The van der Waals surface area contributed by atoms with Crippen LogP contribution in [0, 0.1) is 28.8 Å². The topological polar surface area (TPSA) is 27.0 Å². The molecule has 2 nitrogen and oxygen atoms in total. The maximum absolute atomic E-state index is 14.0. The molecule has 2 aromatic carbocycles. The molecule has 0 atom stereocenters. The smallest absolute Gasteiger partial charge is 0.151 e. The Labute approximate surface area is 114 Å². The van der Waals surface area contributed by atoms with E-state index < -0.39 is 17.5 Å². The molecule has 2 aromatic rings. The summed E-state index contributed by atoms with van der Waals surface area (Å²) in [5.74, 6) is -2.20. The molecule has 0 aromatic heterocycles. The molecule has 0 unspecified atom stereocenters. The number of benzene rings is 2. The van der Waals surface area contributed by atoms with Gasteiger partial charge in [0.05, 0.1) is 11.6 Å². The van der Waals surface area contributed by atoms with E-state index in [1.807, 2.05) is 0 Å². The lowest BCUT2D eigenvalue weighted by Gasteiger charge is -2.24. The zero-order valence-electron chi connectivity index (χ0n) is 10.7. The Kier molecular flexibility index (Phi) is 3.94. The number of rotatable bonds is 3. The van der Waals surface area contributed by atoms with Gasteiger partial charge in [-0.25, -0.2) is 13.2 Å². The summed E-state index contributed by atoms with van der Waals surface area (Å²) in [6, 6.07) is 9.07. The van der Waals surface area contributed by atoms with E-state index in [0.717, 1.165) is 12.1 Å². The molecular formula is C15H11F3N2. The minimum absolute atomic E-state index is 0.0981. The van der Waals surface area contributed by atoms with Crippen molar-refractivity contribution >= 4 is 11.4 Å². The molecule has 0 saturated carbocycles. The van der Waals surface area contributed by atoms with Crippen molar-refractivity contribution in [3.63, 3.8) is 0 Å². The highest BCUT2D eigenvalue weighted by Gasteiger charge is 2.18. The van der Waals surface area contributed by atoms with Crippen molar-refractivity contribution in [2.75, 3.05) is 11.4 Å². The predicted molar refractivity (Wildman–Crippen MR) is 70.2 cm³/mol. The monoisotopic (exact) mass is 276 g/mol. The largest absolute Gasteiger partial charge is 0.337 e. The molecule has 0 amide bonds. The van der Waals surface area contributed by atoms with Gasteiger partial charge in [0, 0.05) is 12.2 Å². The SMILES string of the molecule is CCN(c1cccc(F)c1)c1c(F)cc(C#N)cc1F. The van der Waals surface area contributed by atoms with E-state index in [-0.39, 0.29) is 17.8 Å². The number of nitriles is 1. The van der Waals surface area contributed by atoms with E-state index in [9.17, 15) is 13.2 Å². The first-order valence-corrected chi connectivity index (χ1v) is 5.99. The first-order valence-electron chi connectivity index (χ1n) is 5.99. The van der Waals surface area contributed by atoms with Crippen LogP contribution in [0.3, 0.4) is 0 Å². The van der Waals surface area contributed by atoms with Gasteiger partial charge in [0.15, 0.2) is 11.6 Å². The van der Waals surface area contributed by atoms with E-state index in [4.69, 9.17) is 5.26 Å². The number of nitrogens with zero attached hydrogens (tertiary/aromatic N) is 2. The molecule has 0 radical (unpaired) electrons. The van der Waals surface area contributed by atoms with Gasteiger partial charge in [-0.05, 0) is 37.3 Å². The summed E-state index contributed by atoms with van der Waals surface area (Å²) in [5, 5.41) is 8.68. The Hall–Kier alpha value is -2.48. The Balaban J connectivity index is 2.56. The van der Waals surface area contributed by atoms with Crippen LogP contribution >= 0.6 is 0 Å². The maximum atomic E-state index is 14.0. The van der Waals surface area contributed by atoms with Crippen molar-refractivity contribution in [2.45, 2.75) is 6.92 Å². The molecule has 0 aliphatic rings. The Morgan fingerprint density at radius 2 is 1.75 bits per heavy atom. The molecular weight excluding hydrogens is 265 g/mol. The second-order valence-corrected chi connectivity index (χ2v) is 4.12. The number of halogens is 3. The summed E-state index contributed by atoms with van der Waals surface area (Å²) in [5.41, 5.74) is -0.0499. The Bertz CT molecular complexity index is 654. The summed E-state index contributed by atoms with van der Waals surface area (Å²) in [6.45, 7) is 1.95. The Morgan fingerprint density at radius 1 is 1.10 bits per heavy atom. The molecule has 0 N–H and O–H groups in total. The van der Waals surface area contributed by atoms with Crippen molar-refractivity contribution in [1.82, 2.24) is 0 Å². The average molecular weight is 276 g/mol. The molecule has 0 aliphatic heterocycles. The fourth-order valence-electron chi connectivity index (χ4n) is 2.00. The molecule has 102 valence electrons. The van der Waals surface area contributed by atoms with Crippen LogP contribution in [0.25, 0.3) is 0 Å². The maximum Gasteiger partial charge on any atom is 0.151 e. The van der Waals surface area contributed by atoms with Gasteiger partial charge < -0.3 is 4.90 Å². The lowest BCUT2D eigenvalue weighted by Crippen LogP contribution is -2.19. The van der Waals surface area contributed by atoms with Crippen LogP contribution in [0.1, 0.15) is 12.5 Å². The molecule has 0 fully saturated rings. The van der Waals surface area contributed by atoms with Gasteiger partial charge >= 0.3 is 0 Å². The summed E-state index contributed by atoms with van der Waals surface area (Å²) < 4.78 is 41.2. The number of hydrogen-bond acceptors (Lipinski definition) is 2. The van der Waals surface area contributed by atoms with Crippen molar-refractivity contribution in [2.24, 2.45) is 0 Å². The first-order chi connectivity index (χ1) is 9.56. The van der Waals surface area contributed by atoms with Crippen LogP contribution in [0.4, 0.5) is 24.5 Å². The lowest BCUT2D eigenvalue weighted by atomic mass is 10.1. The molecule has 0 spiro atoms. The zero-order valence-corrected chi connectivity index (χ0v) is 10.7. The van der Waals surface area contributed by atoms with E-state index in [1.165, 1.54) is 23.1 Å². The molecule has 2 rings (SSSR count). The molecule has 0 heterocycles. The van der Waals surface area contributed by atoms with E-state index >= 15 is 0 Å². The highest BCUT2D eigenvalue weighted by Crippen LogP contribution is 2.31. The third kappa shape index (κ3) is 2.59. The summed E-state index contributed by atoms with van der Waals surface area (Å²) >= 11 is 0. The highest BCUT2D eigenvalue weighted by atomic mass is 19.1. The zero-order chi connectivity index (χ0) is 14.7. The van der Waals surface area contributed by atoms with Crippen LogP contribution in [0.15, 0.2) is 36.4 Å². The van der Waals surface area contributed by atoms with Gasteiger partial charge in [-0.15, -0.1) is 0 Å². The van der Waals surface area contributed by atoms with Crippen molar-refractivity contribution in [1.29, 1.82) is 5.26 Å². The average Bonchev–Trinajstić information content (AvgIpc) is 2.42. The van der Waals surface area contributed by atoms with Gasteiger partial charge in [0.2, 0.25) is 0 Å². The fourth-order valence-corrected chi connectivity index (χ4v) is 2.00. The fraction of sp³-hybridized carbons (Fsp3) is 0.133. The number of anilines is 2. The first kappa shape index (κ1) is 13.9. The number of hydrogen-bond donors (Lipinski definition) is 0. The third-order valence-corrected chi connectivity index (χ3v) is 2.85. The molecule has 0 aliphatic carbocycles. The van der Waals surface area contributed by atoms with Crippen molar-refractivity contribution in [3.8, 4) is 6.07 Å². The second-order valence-electron chi connectivity index (χ2n) is 4.12. The van der Waals surface area contributed by atoms with Crippen molar-refractivity contribution < 1.29 is 13.2 Å². The van der Waals surface area contributed by atoms with Gasteiger partial charge in [0.1, 0.15) is 11.5 Å².